The zero-order valence-electron chi connectivity index (χ0n) is 12.0. The van der Waals surface area contributed by atoms with E-state index in [9.17, 15) is 9.59 Å². The van der Waals surface area contributed by atoms with Crippen molar-refractivity contribution in [2.45, 2.75) is 38.0 Å². The molecule has 1 saturated carbocycles. The molecule has 2 heterocycles. The van der Waals surface area contributed by atoms with Crippen LogP contribution in [0.1, 0.15) is 43.7 Å². The van der Waals surface area contributed by atoms with Gasteiger partial charge >= 0.3 is 5.97 Å². The summed E-state index contributed by atoms with van der Waals surface area (Å²) in [7, 11) is 1.43. The summed E-state index contributed by atoms with van der Waals surface area (Å²) in [6, 6.07) is 3.42. The Morgan fingerprint density at radius 1 is 1.43 bits per heavy atom. The molecule has 3 rings (SSSR count). The van der Waals surface area contributed by atoms with E-state index in [0.717, 1.165) is 31.4 Å². The highest BCUT2D eigenvalue weighted by atomic mass is 16.5. The summed E-state index contributed by atoms with van der Waals surface area (Å²) < 4.78 is 6.16. The molecule has 0 spiro atoms. The molecule has 1 fully saturated rings. The summed E-state index contributed by atoms with van der Waals surface area (Å²) >= 11 is 0. The Kier molecular flexibility index (Phi) is 3.77. The number of hydrogen-bond acceptors (Lipinski definition) is 4. The van der Waals surface area contributed by atoms with Crippen LogP contribution in [-0.2, 0) is 9.53 Å². The normalized spacial score (nSPS) is 22.3. The van der Waals surface area contributed by atoms with E-state index < -0.39 is 0 Å². The van der Waals surface area contributed by atoms with E-state index in [2.05, 4.69) is 10.1 Å². The maximum Gasteiger partial charge on any atom is 0.305 e. The summed E-state index contributed by atoms with van der Waals surface area (Å²) in [6.07, 6.45) is 6.10. The van der Waals surface area contributed by atoms with Crippen LogP contribution >= 0.6 is 0 Å². The minimum Gasteiger partial charge on any atom is -0.469 e. The lowest BCUT2D eigenvalue weighted by Crippen LogP contribution is -2.21. The fourth-order valence-corrected chi connectivity index (χ4v) is 3.14. The summed E-state index contributed by atoms with van der Waals surface area (Å²) in [5.41, 5.74) is 1.46. The van der Waals surface area contributed by atoms with Gasteiger partial charge in [-0.25, -0.2) is 9.50 Å². The Balaban J connectivity index is 1.71. The van der Waals surface area contributed by atoms with Crippen molar-refractivity contribution in [3.05, 3.63) is 34.4 Å². The van der Waals surface area contributed by atoms with Crippen molar-refractivity contribution in [3.8, 4) is 0 Å². The van der Waals surface area contributed by atoms with Crippen molar-refractivity contribution in [2.75, 3.05) is 7.11 Å². The van der Waals surface area contributed by atoms with Crippen molar-refractivity contribution >= 4 is 11.6 Å². The SMILES string of the molecule is COC(=O)CC1CCC(c2cc(=O)n3[nH]ccc3n2)CC1. The van der Waals surface area contributed by atoms with Crippen LogP contribution in [-0.4, -0.2) is 27.7 Å². The third kappa shape index (κ3) is 2.84. The van der Waals surface area contributed by atoms with E-state index >= 15 is 0 Å². The predicted molar refractivity (Wildman–Crippen MR) is 77.1 cm³/mol. The minimum atomic E-state index is -0.136. The molecular formula is C15H19N3O3. The number of nitrogens with one attached hydrogen (secondary N) is 1. The molecule has 0 saturated heterocycles. The number of aromatic amines is 1. The van der Waals surface area contributed by atoms with Crippen LogP contribution in [0, 0.1) is 5.92 Å². The number of fused-ring (bicyclic) bond motifs is 1. The molecule has 21 heavy (non-hydrogen) atoms. The van der Waals surface area contributed by atoms with E-state index in [0.29, 0.717) is 23.9 Å². The highest BCUT2D eigenvalue weighted by Crippen LogP contribution is 2.36. The number of H-pyrrole nitrogens is 1. The maximum absolute atomic E-state index is 12.0. The fraction of sp³-hybridized carbons (Fsp3) is 0.533. The molecule has 6 nitrogen and oxygen atoms in total. The van der Waals surface area contributed by atoms with Crippen LogP contribution in [0.5, 0.6) is 0 Å². The lowest BCUT2D eigenvalue weighted by Gasteiger charge is -2.27. The van der Waals surface area contributed by atoms with Crippen LogP contribution in [0.25, 0.3) is 5.65 Å². The summed E-state index contributed by atoms with van der Waals surface area (Å²) in [6.45, 7) is 0. The number of methoxy groups -OCH3 is 1. The van der Waals surface area contributed by atoms with Crippen LogP contribution in [0.15, 0.2) is 23.1 Å². The zero-order valence-corrected chi connectivity index (χ0v) is 12.0. The maximum atomic E-state index is 12.0. The second kappa shape index (κ2) is 5.71. The third-order valence-electron chi connectivity index (χ3n) is 4.35. The van der Waals surface area contributed by atoms with Crippen LogP contribution in [0.2, 0.25) is 0 Å². The number of carbonyl (C=O) groups is 1. The molecule has 112 valence electrons. The molecule has 1 aliphatic carbocycles. The average molecular weight is 289 g/mol. The lowest BCUT2D eigenvalue weighted by atomic mass is 9.79. The van der Waals surface area contributed by atoms with Crippen LogP contribution in [0.4, 0.5) is 0 Å². The Labute approximate surface area is 122 Å². The van der Waals surface area contributed by atoms with E-state index in [4.69, 9.17) is 4.74 Å². The summed E-state index contributed by atoms with van der Waals surface area (Å²) in [4.78, 5) is 27.9. The molecule has 2 aromatic heterocycles. The van der Waals surface area contributed by atoms with Gasteiger partial charge in [0.25, 0.3) is 5.56 Å². The highest BCUT2D eigenvalue weighted by Gasteiger charge is 2.25. The molecule has 2 aromatic rings. The number of carbonyl (C=O) groups excluding carboxylic acids is 1. The molecule has 0 radical (unpaired) electrons. The summed E-state index contributed by atoms with van der Waals surface area (Å²) in [5, 5.41) is 2.84. The molecular weight excluding hydrogens is 270 g/mol. The number of rotatable bonds is 3. The first-order chi connectivity index (χ1) is 10.2. The van der Waals surface area contributed by atoms with Gasteiger partial charge in [-0.3, -0.25) is 14.7 Å². The molecule has 6 heteroatoms. The quantitative estimate of drug-likeness (QED) is 0.875. The first-order valence-electron chi connectivity index (χ1n) is 7.31. The van der Waals surface area contributed by atoms with Gasteiger partial charge < -0.3 is 4.74 Å². The Hall–Kier alpha value is -2.11. The number of esters is 1. The molecule has 1 N–H and O–H groups in total. The molecule has 0 aliphatic heterocycles. The second-order valence-corrected chi connectivity index (χ2v) is 5.67. The van der Waals surface area contributed by atoms with Gasteiger partial charge in [-0.1, -0.05) is 0 Å². The van der Waals surface area contributed by atoms with Crippen molar-refractivity contribution in [3.63, 3.8) is 0 Å². The minimum absolute atomic E-state index is 0.0725. The topological polar surface area (TPSA) is 76.5 Å². The lowest BCUT2D eigenvalue weighted by molar-refractivity contribution is -0.142. The Morgan fingerprint density at radius 3 is 2.90 bits per heavy atom. The Bertz CT molecular complexity index is 695. The van der Waals surface area contributed by atoms with Gasteiger partial charge in [0.2, 0.25) is 0 Å². The zero-order chi connectivity index (χ0) is 14.8. The standard InChI is InChI=1S/C15H19N3O3/c1-21-15(20)8-10-2-4-11(5-3-10)12-9-14(19)18-13(17-12)6-7-16-18/h6-7,9-11,16H,2-5,8H2,1H3. The van der Waals surface area contributed by atoms with Crippen molar-refractivity contribution in [1.29, 1.82) is 0 Å². The molecule has 0 unspecified atom stereocenters. The van der Waals surface area contributed by atoms with Crippen LogP contribution in [0.3, 0.4) is 0 Å². The van der Waals surface area contributed by atoms with Gasteiger partial charge in [-0.2, -0.15) is 0 Å². The summed E-state index contributed by atoms with van der Waals surface area (Å²) in [5.74, 6) is 0.570. The van der Waals surface area contributed by atoms with Gasteiger partial charge in [0.15, 0.2) is 5.65 Å². The monoisotopic (exact) mass is 289 g/mol. The number of aromatic nitrogens is 3. The first kappa shape index (κ1) is 13.9. The van der Waals surface area contributed by atoms with Gasteiger partial charge in [0, 0.05) is 30.7 Å². The number of hydrogen-bond donors (Lipinski definition) is 1. The van der Waals surface area contributed by atoms with Gasteiger partial charge in [-0.05, 0) is 31.6 Å². The second-order valence-electron chi connectivity index (χ2n) is 5.67. The van der Waals surface area contributed by atoms with E-state index in [1.165, 1.54) is 11.6 Å². The molecule has 0 bridgehead atoms. The van der Waals surface area contributed by atoms with E-state index in [1.54, 1.807) is 18.3 Å². The molecule has 0 atom stereocenters. The molecule has 0 amide bonds. The van der Waals surface area contributed by atoms with Crippen LogP contribution < -0.4 is 5.56 Å². The first-order valence-corrected chi connectivity index (χ1v) is 7.31. The predicted octanol–water partition coefficient (Wildman–Crippen LogP) is 1.86. The molecule has 0 aromatic carbocycles. The fourth-order valence-electron chi connectivity index (χ4n) is 3.14. The molecule has 1 aliphatic rings. The highest BCUT2D eigenvalue weighted by molar-refractivity contribution is 5.69. The van der Waals surface area contributed by atoms with Crippen molar-refractivity contribution in [1.82, 2.24) is 14.6 Å². The number of ether oxygens (including phenoxy) is 1. The van der Waals surface area contributed by atoms with Gasteiger partial charge in [-0.15, -0.1) is 0 Å². The van der Waals surface area contributed by atoms with Gasteiger partial charge in [0.05, 0.1) is 12.8 Å². The van der Waals surface area contributed by atoms with E-state index in [1.807, 2.05) is 0 Å². The Morgan fingerprint density at radius 2 is 2.19 bits per heavy atom. The van der Waals surface area contributed by atoms with Gasteiger partial charge in [0.1, 0.15) is 0 Å². The third-order valence-corrected chi connectivity index (χ3v) is 4.35. The van der Waals surface area contributed by atoms with Crippen molar-refractivity contribution < 1.29 is 9.53 Å². The van der Waals surface area contributed by atoms with Crippen molar-refractivity contribution in [2.24, 2.45) is 5.92 Å². The average Bonchev–Trinajstić information content (AvgIpc) is 2.97. The number of nitrogens with zero attached hydrogens (tertiary/aromatic N) is 2. The largest absolute Gasteiger partial charge is 0.469 e. The smallest absolute Gasteiger partial charge is 0.305 e. The van der Waals surface area contributed by atoms with E-state index in [-0.39, 0.29) is 11.5 Å².